The van der Waals surface area contributed by atoms with Gasteiger partial charge in [0.15, 0.2) is 11.4 Å². The summed E-state index contributed by atoms with van der Waals surface area (Å²) in [6.45, 7) is 3.89. The molecule has 0 spiro atoms. The molecule has 1 aromatic rings. The molecule has 10 heteroatoms. The molecular weight excluding hydrogens is 515 g/mol. The zero-order chi connectivity index (χ0) is 29.0. The highest BCUT2D eigenvalue weighted by Gasteiger charge is 2.51. The molecule has 1 aromatic heterocycles. The lowest BCUT2D eigenvalue weighted by Gasteiger charge is -2.29. The first-order chi connectivity index (χ1) is 19.3. The smallest absolute Gasteiger partial charge is 0.310 e. The minimum Gasteiger partial charge on any atom is -0.461 e. The molecule has 220 valence electrons. The molecule has 9 nitrogen and oxygen atoms in total. The highest BCUT2D eigenvalue weighted by molar-refractivity contribution is 5.73. The molecule has 2 aliphatic heterocycles. The summed E-state index contributed by atoms with van der Waals surface area (Å²) in [6.07, 6.45) is 16.6. The van der Waals surface area contributed by atoms with Crippen molar-refractivity contribution in [2.45, 2.75) is 122 Å². The van der Waals surface area contributed by atoms with Gasteiger partial charge in [-0.1, -0.05) is 58.3 Å². The number of ether oxygens (including phenoxy) is 3. The Kier molecular flexibility index (Phi) is 12.3. The molecule has 0 saturated carbocycles. The molecule has 0 amide bonds. The topological polar surface area (TPSA) is 126 Å². The third-order valence-corrected chi connectivity index (χ3v) is 7.47. The van der Waals surface area contributed by atoms with Crippen molar-refractivity contribution in [3.8, 4) is 12.3 Å². The zero-order valence-corrected chi connectivity index (χ0v) is 23.8. The van der Waals surface area contributed by atoms with Crippen LogP contribution in [0, 0.1) is 24.3 Å². The normalized spacial score (nSPS) is 23.7. The summed E-state index contributed by atoms with van der Waals surface area (Å²) in [6, 6.07) is 0. The molecular formula is C30H43FN4O5. The third-order valence-electron chi connectivity index (χ3n) is 7.47. The van der Waals surface area contributed by atoms with Gasteiger partial charge in [0, 0.05) is 25.5 Å². The number of carbonyl (C=O) groups is 2. The molecule has 2 aliphatic rings. The fourth-order valence-electron chi connectivity index (χ4n) is 5.24. The monoisotopic (exact) mass is 558 g/mol. The van der Waals surface area contributed by atoms with E-state index in [-0.39, 0.29) is 42.8 Å². The van der Waals surface area contributed by atoms with Crippen LogP contribution >= 0.6 is 0 Å². The Hall–Kier alpha value is -3.06. The Morgan fingerprint density at radius 2 is 1.88 bits per heavy atom. The Morgan fingerprint density at radius 1 is 1.12 bits per heavy atom. The van der Waals surface area contributed by atoms with Crippen LogP contribution in [0.2, 0.25) is 0 Å². The highest BCUT2D eigenvalue weighted by atomic mass is 19.1. The Morgan fingerprint density at radius 3 is 2.60 bits per heavy atom. The van der Waals surface area contributed by atoms with Gasteiger partial charge in [0.05, 0.1) is 11.8 Å². The van der Waals surface area contributed by atoms with Crippen molar-refractivity contribution >= 4 is 29.7 Å². The second-order valence-corrected chi connectivity index (χ2v) is 10.8. The van der Waals surface area contributed by atoms with Crippen molar-refractivity contribution in [3.05, 3.63) is 11.8 Å². The number of aryl methyl sites for hydroxylation is 1. The van der Waals surface area contributed by atoms with Crippen LogP contribution in [-0.2, 0) is 30.2 Å². The predicted octanol–water partition coefficient (Wildman–Crippen LogP) is 5.41. The van der Waals surface area contributed by atoms with Crippen LogP contribution in [0.5, 0.6) is 0 Å². The molecule has 3 rings (SSSR count). The number of aromatic nitrogens is 2. The average molecular weight is 559 g/mol. The van der Waals surface area contributed by atoms with E-state index in [0.29, 0.717) is 49.9 Å². The zero-order valence-electron chi connectivity index (χ0n) is 23.8. The van der Waals surface area contributed by atoms with Gasteiger partial charge in [0.1, 0.15) is 18.4 Å². The third kappa shape index (κ3) is 8.98. The number of hydrogen-bond acceptors (Lipinski definition) is 9. The summed E-state index contributed by atoms with van der Waals surface area (Å²) in [5.74, 6) is 1.90. The number of unbranched alkanes of at least 4 members (excludes halogenated alkanes) is 6. The molecule has 0 aromatic carbocycles. The second kappa shape index (κ2) is 15.7. The quantitative estimate of drug-likeness (QED) is 0.131. The number of nitrogens with zero attached hydrogens (tertiary/aromatic N) is 3. The molecule has 0 bridgehead atoms. The highest BCUT2D eigenvalue weighted by Crippen LogP contribution is 2.38. The molecule has 40 heavy (non-hydrogen) atoms. The summed E-state index contributed by atoms with van der Waals surface area (Å²) in [4.78, 5) is 36.7. The first kappa shape index (κ1) is 31.5. The standard InChI is InChI=1S/C30H43FN4O5/c1-4-7-8-9-10-11-12-14-25(36)38-20-30(6-3)24(39-26(37)13-5-2)18-22(40-30)17-21-15-16-23-27(33-19-21)28(32)35-29(31)34-23/h3,19,21-22,24H,4-5,7-18,20H2,1-2H3,(H2,32,34,35)/t21?,22-,24-,30+/m0/s1. The van der Waals surface area contributed by atoms with E-state index in [4.69, 9.17) is 26.4 Å². The van der Waals surface area contributed by atoms with Gasteiger partial charge < -0.3 is 19.9 Å². The van der Waals surface area contributed by atoms with Crippen LogP contribution in [0.1, 0.15) is 103 Å². The van der Waals surface area contributed by atoms with E-state index in [9.17, 15) is 14.0 Å². The van der Waals surface area contributed by atoms with E-state index >= 15 is 0 Å². The Bertz CT molecular complexity index is 1070. The number of nitrogens with two attached hydrogens (primary N) is 1. The molecule has 1 saturated heterocycles. The van der Waals surface area contributed by atoms with E-state index in [0.717, 1.165) is 19.3 Å². The van der Waals surface area contributed by atoms with Crippen molar-refractivity contribution in [2.24, 2.45) is 10.9 Å². The minimum atomic E-state index is -1.37. The average Bonchev–Trinajstić information content (AvgIpc) is 3.11. The summed E-state index contributed by atoms with van der Waals surface area (Å²) in [5, 5.41) is 0. The number of terminal acetylenes is 1. The van der Waals surface area contributed by atoms with Crippen molar-refractivity contribution in [1.29, 1.82) is 0 Å². The molecule has 4 atom stereocenters. The molecule has 3 heterocycles. The lowest BCUT2D eigenvalue weighted by atomic mass is 9.93. The van der Waals surface area contributed by atoms with Crippen molar-refractivity contribution in [1.82, 2.24) is 9.97 Å². The number of fused-ring (bicyclic) bond motifs is 1. The molecule has 0 aliphatic carbocycles. The molecule has 2 N–H and O–H groups in total. The first-order valence-electron chi connectivity index (χ1n) is 14.7. The van der Waals surface area contributed by atoms with Gasteiger partial charge in [-0.3, -0.25) is 14.6 Å². The maximum absolute atomic E-state index is 13.6. The van der Waals surface area contributed by atoms with Gasteiger partial charge >= 0.3 is 18.0 Å². The van der Waals surface area contributed by atoms with Crippen molar-refractivity contribution < 1.29 is 28.2 Å². The summed E-state index contributed by atoms with van der Waals surface area (Å²) >= 11 is 0. The van der Waals surface area contributed by atoms with Gasteiger partial charge in [-0.2, -0.15) is 9.37 Å². The number of carbonyl (C=O) groups excluding carboxylic acids is 2. The van der Waals surface area contributed by atoms with E-state index in [2.05, 4.69) is 27.8 Å². The lowest BCUT2D eigenvalue weighted by Crippen LogP contribution is -2.45. The number of rotatable bonds is 15. The minimum absolute atomic E-state index is 0.00377. The molecule has 0 radical (unpaired) electrons. The van der Waals surface area contributed by atoms with Crippen LogP contribution < -0.4 is 5.73 Å². The fraction of sp³-hybridized carbons (Fsp3) is 0.700. The van der Waals surface area contributed by atoms with Crippen LogP contribution in [0.25, 0.3) is 0 Å². The largest absolute Gasteiger partial charge is 0.461 e. The van der Waals surface area contributed by atoms with E-state index in [1.165, 1.54) is 25.7 Å². The maximum atomic E-state index is 13.6. The van der Waals surface area contributed by atoms with Crippen molar-refractivity contribution in [3.63, 3.8) is 0 Å². The molecule has 1 fully saturated rings. The summed E-state index contributed by atoms with van der Waals surface area (Å²) < 4.78 is 31.3. The van der Waals surface area contributed by atoms with Gasteiger partial charge in [-0.15, -0.1) is 6.42 Å². The molecule has 1 unspecified atom stereocenters. The fourth-order valence-corrected chi connectivity index (χ4v) is 5.24. The van der Waals surface area contributed by atoms with Crippen molar-refractivity contribution in [2.75, 3.05) is 12.3 Å². The number of nitrogen functional groups attached to an aromatic ring is 1. The van der Waals surface area contributed by atoms with Crippen LogP contribution in [0.4, 0.5) is 15.9 Å². The van der Waals surface area contributed by atoms with Crippen LogP contribution in [-0.4, -0.2) is 52.5 Å². The first-order valence-corrected chi connectivity index (χ1v) is 14.7. The van der Waals surface area contributed by atoms with E-state index in [1.807, 2.05) is 6.92 Å². The lowest BCUT2D eigenvalue weighted by molar-refractivity contribution is -0.165. The predicted molar refractivity (Wildman–Crippen MR) is 150 cm³/mol. The Balaban J connectivity index is 1.60. The van der Waals surface area contributed by atoms with Gasteiger partial charge in [0.25, 0.3) is 0 Å². The maximum Gasteiger partial charge on any atom is 0.310 e. The second-order valence-electron chi connectivity index (χ2n) is 10.8. The summed E-state index contributed by atoms with van der Waals surface area (Å²) in [7, 11) is 0. The number of esters is 2. The van der Waals surface area contributed by atoms with Gasteiger partial charge in [-0.05, 0) is 38.0 Å². The van der Waals surface area contributed by atoms with E-state index in [1.54, 1.807) is 6.21 Å². The van der Waals surface area contributed by atoms with Crippen LogP contribution in [0.3, 0.4) is 0 Å². The Labute approximate surface area is 236 Å². The SMILES string of the molecule is C#C[C@]1(COC(=O)CCCCCCCCC)O[C@@H](CC2C=Nc3c(N)nc(F)nc3CC2)C[C@@H]1OC(=O)CCC. The van der Waals surface area contributed by atoms with Gasteiger partial charge in [0.2, 0.25) is 0 Å². The van der Waals surface area contributed by atoms with E-state index < -0.39 is 17.8 Å². The van der Waals surface area contributed by atoms with Gasteiger partial charge in [-0.25, -0.2) is 4.98 Å². The summed E-state index contributed by atoms with van der Waals surface area (Å²) in [5.41, 5.74) is 5.32. The number of aliphatic imine (C=N–C) groups is 1. The number of hydrogen-bond donors (Lipinski definition) is 1. The van der Waals surface area contributed by atoms with Crippen LogP contribution in [0.15, 0.2) is 4.99 Å². The number of anilines is 1. The number of halogens is 1.